The van der Waals surface area contributed by atoms with Crippen molar-refractivity contribution in [1.82, 2.24) is 15.1 Å². The summed E-state index contributed by atoms with van der Waals surface area (Å²) in [7, 11) is 0. The summed E-state index contributed by atoms with van der Waals surface area (Å²) in [6.45, 7) is 1.21. The quantitative estimate of drug-likeness (QED) is 0.943. The Kier molecular flexibility index (Phi) is 4.03. The molecule has 0 saturated carbocycles. The molecule has 1 amide bonds. The maximum atomic E-state index is 12.2. The first-order chi connectivity index (χ1) is 10.1. The Morgan fingerprint density at radius 2 is 2.24 bits per heavy atom. The highest BCUT2D eigenvalue weighted by Crippen LogP contribution is 2.28. The largest absolute Gasteiger partial charge is 0.488 e. The van der Waals surface area contributed by atoms with Crippen molar-refractivity contribution in [2.24, 2.45) is 0 Å². The number of aromatic amines is 1. The van der Waals surface area contributed by atoms with Gasteiger partial charge in [0, 0.05) is 25.2 Å². The summed E-state index contributed by atoms with van der Waals surface area (Å²) in [5.74, 6) is 0.621. The van der Waals surface area contributed by atoms with Crippen LogP contribution in [-0.2, 0) is 0 Å². The van der Waals surface area contributed by atoms with Crippen molar-refractivity contribution in [3.05, 3.63) is 46.2 Å². The van der Waals surface area contributed by atoms with Gasteiger partial charge in [0.2, 0.25) is 0 Å². The van der Waals surface area contributed by atoms with Crippen molar-refractivity contribution >= 4 is 29.1 Å². The fourth-order valence-electron chi connectivity index (χ4n) is 2.30. The van der Waals surface area contributed by atoms with Crippen molar-refractivity contribution in [3.8, 4) is 5.75 Å². The van der Waals surface area contributed by atoms with Gasteiger partial charge in [-0.3, -0.25) is 9.89 Å². The highest BCUT2D eigenvalue weighted by Gasteiger charge is 2.28. The number of carbonyl (C=O) groups excluding carboxylic acids is 1. The van der Waals surface area contributed by atoms with Gasteiger partial charge >= 0.3 is 0 Å². The molecule has 0 unspecified atom stereocenters. The molecule has 7 heteroatoms. The van der Waals surface area contributed by atoms with Crippen LogP contribution in [0, 0.1) is 0 Å². The summed E-state index contributed by atoms with van der Waals surface area (Å²) in [6, 6.07) is 5.15. The SMILES string of the molecule is O=C(c1cn[nH]c1)N1CC[C@@H](Oc2ccc(Cl)c(Cl)c2)C1. The van der Waals surface area contributed by atoms with E-state index in [9.17, 15) is 4.79 Å². The standard InChI is InChI=1S/C14H13Cl2N3O2/c15-12-2-1-10(5-13(12)16)21-11-3-4-19(8-11)14(20)9-6-17-18-7-9/h1-2,5-7,11H,3-4,8H2,(H,17,18)/t11-/m1/s1. The minimum atomic E-state index is -0.0434. The van der Waals surface area contributed by atoms with E-state index in [2.05, 4.69) is 10.2 Å². The van der Waals surface area contributed by atoms with Crippen LogP contribution in [0.4, 0.5) is 0 Å². The van der Waals surface area contributed by atoms with Crippen LogP contribution in [0.5, 0.6) is 5.75 Å². The van der Waals surface area contributed by atoms with Crippen molar-refractivity contribution in [2.75, 3.05) is 13.1 Å². The highest BCUT2D eigenvalue weighted by atomic mass is 35.5. The normalized spacial score (nSPS) is 18.0. The predicted octanol–water partition coefficient (Wildman–Crippen LogP) is 3.01. The van der Waals surface area contributed by atoms with E-state index in [4.69, 9.17) is 27.9 Å². The number of hydrogen-bond donors (Lipinski definition) is 1. The van der Waals surface area contributed by atoms with E-state index in [1.54, 1.807) is 29.3 Å². The molecule has 1 aromatic heterocycles. The Labute approximate surface area is 131 Å². The Balaban J connectivity index is 1.62. The second kappa shape index (κ2) is 5.95. The van der Waals surface area contributed by atoms with Crippen LogP contribution in [0.1, 0.15) is 16.8 Å². The van der Waals surface area contributed by atoms with Crippen molar-refractivity contribution < 1.29 is 9.53 Å². The molecule has 1 saturated heterocycles. The lowest BCUT2D eigenvalue weighted by molar-refractivity contribution is 0.0772. The van der Waals surface area contributed by atoms with E-state index in [1.165, 1.54) is 6.20 Å². The van der Waals surface area contributed by atoms with Crippen LogP contribution in [0.25, 0.3) is 0 Å². The van der Waals surface area contributed by atoms with Crippen LogP contribution >= 0.6 is 23.2 Å². The van der Waals surface area contributed by atoms with Crippen LogP contribution in [-0.4, -0.2) is 40.2 Å². The number of likely N-dealkylation sites (tertiary alicyclic amines) is 1. The Morgan fingerprint density at radius 3 is 2.95 bits per heavy atom. The number of halogens is 2. The Morgan fingerprint density at radius 1 is 1.38 bits per heavy atom. The molecule has 2 heterocycles. The maximum Gasteiger partial charge on any atom is 0.257 e. The molecule has 1 atom stereocenters. The average Bonchev–Trinajstić information content (AvgIpc) is 3.13. The van der Waals surface area contributed by atoms with Gasteiger partial charge < -0.3 is 9.64 Å². The number of benzene rings is 1. The number of hydrogen-bond acceptors (Lipinski definition) is 3. The number of nitrogens with zero attached hydrogens (tertiary/aromatic N) is 2. The molecular weight excluding hydrogens is 313 g/mol. The predicted molar refractivity (Wildman–Crippen MR) is 80.0 cm³/mol. The number of aromatic nitrogens is 2. The van der Waals surface area contributed by atoms with Crippen molar-refractivity contribution in [3.63, 3.8) is 0 Å². The number of amides is 1. The molecule has 0 aliphatic carbocycles. The fraction of sp³-hybridized carbons (Fsp3) is 0.286. The number of H-pyrrole nitrogens is 1. The van der Waals surface area contributed by atoms with E-state index in [0.717, 1.165) is 6.42 Å². The van der Waals surface area contributed by atoms with Crippen LogP contribution in [0.3, 0.4) is 0 Å². The molecule has 1 aromatic carbocycles. The first-order valence-electron chi connectivity index (χ1n) is 6.53. The van der Waals surface area contributed by atoms with Gasteiger partial charge in [0.15, 0.2) is 0 Å². The number of ether oxygens (including phenoxy) is 1. The first kappa shape index (κ1) is 14.2. The highest BCUT2D eigenvalue weighted by molar-refractivity contribution is 6.42. The molecule has 1 aliphatic heterocycles. The summed E-state index contributed by atoms with van der Waals surface area (Å²) in [6.07, 6.45) is 3.85. The summed E-state index contributed by atoms with van der Waals surface area (Å²) >= 11 is 11.8. The van der Waals surface area contributed by atoms with Crippen molar-refractivity contribution in [2.45, 2.75) is 12.5 Å². The lowest BCUT2D eigenvalue weighted by Gasteiger charge is -2.16. The van der Waals surface area contributed by atoms with Gasteiger partial charge in [-0.2, -0.15) is 5.10 Å². The molecule has 110 valence electrons. The summed E-state index contributed by atoms with van der Waals surface area (Å²) in [5.41, 5.74) is 0.560. The zero-order valence-electron chi connectivity index (χ0n) is 11.1. The zero-order chi connectivity index (χ0) is 14.8. The zero-order valence-corrected chi connectivity index (χ0v) is 12.6. The van der Waals surface area contributed by atoms with Gasteiger partial charge in [-0.15, -0.1) is 0 Å². The average molecular weight is 326 g/mol. The Bertz CT molecular complexity index is 646. The second-order valence-corrected chi connectivity index (χ2v) is 5.66. The van der Waals surface area contributed by atoms with Gasteiger partial charge in [-0.1, -0.05) is 23.2 Å². The molecule has 5 nitrogen and oxygen atoms in total. The third kappa shape index (κ3) is 3.14. The fourth-order valence-corrected chi connectivity index (χ4v) is 2.59. The molecule has 0 bridgehead atoms. The van der Waals surface area contributed by atoms with Gasteiger partial charge in [0.05, 0.1) is 28.4 Å². The third-order valence-corrected chi connectivity index (χ3v) is 4.11. The molecular formula is C14H13Cl2N3O2. The molecule has 1 N–H and O–H groups in total. The van der Waals surface area contributed by atoms with E-state index in [0.29, 0.717) is 34.4 Å². The number of carbonyl (C=O) groups is 1. The summed E-state index contributed by atoms with van der Waals surface area (Å²) in [4.78, 5) is 13.9. The lowest BCUT2D eigenvalue weighted by Crippen LogP contribution is -2.30. The van der Waals surface area contributed by atoms with E-state index < -0.39 is 0 Å². The minimum Gasteiger partial charge on any atom is -0.488 e. The van der Waals surface area contributed by atoms with Gasteiger partial charge in [-0.25, -0.2) is 0 Å². The Hall–Kier alpha value is -1.72. The van der Waals surface area contributed by atoms with E-state index in [1.807, 2.05) is 0 Å². The van der Waals surface area contributed by atoms with Crippen LogP contribution in [0.15, 0.2) is 30.6 Å². The first-order valence-corrected chi connectivity index (χ1v) is 7.29. The molecule has 21 heavy (non-hydrogen) atoms. The van der Waals surface area contributed by atoms with Crippen LogP contribution in [0.2, 0.25) is 10.0 Å². The monoisotopic (exact) mass is 325 g/mol. The van der Waals surface area contributed by atoms with E-state index >= 15 is 0 Å². The van der Waals surface area contributed by atoms with Crippen LogP contribution < -0.4 is 4.74 Å². The smallest absolute Gasteiger partial charge is 0.257 e. The summed E-state index contributed by atoms with van der Waals surface area (Å²) < 4.78 is 5.85. The van der Waals surface area contributed by atoms with Gasteiger partial charge in [-0.05, 0) is 12.1 Å². The van der Waals surface area contributed by atoms with Gasteiger partial charge in [0.1, 0.15) is 11.9 Å². The molecule has 0 radical (unpaired) electrons. The second-order valence-electron chi connectivity index (χ2n) is 4.84. The number of rotatable bonds is 3. The molecule has 2 aromatic rings. The molecule has 1 fully saturated rings. The van der Waals surface area contributed by atoms with Crippen molar-refractivity contribution in [1.29, 1.82) is 0 Å². The lowest BCUT2D eigenvalue weighted by atomic mass is 10.3. The minimum absolute atomic E-state index is 0.0380. The maximum absolute atomic E-state index is 12.2. The van der Waals surface area contributed by atoms with E-state index in [-0.39, 0.29) is 12.0 Å². The topological polar surface area (TPSA) is 58.2 Å². The number of nitrogens with one attached hydrogen (secondary N) is 1. The van der Waals surface area contributed by atoms with Gasteiger partial charge in [0.25, 0.3) is 5.91 Å². The summed E-state index contributed by atoms with van der Waals surface area (Å²) in [5, 5.41) is 7.38. The third-order valence-electron chi connectivity index (χ3n) is 3.37. The molecule has 1 aliphatic rings. The molecule has 3 rings (SSSR count). The molecule has 0 spiro atoms.